The first-order valence-electron chi connectivity index (χ1n) is 6.26. The molecule has 100 valence electrons. The van der Waals surface area contributed by atoms with Gasteiger partial charge in [-0.15, -0.1) is 0 Å². The highest BCUT2D eigenvalue weighted by Gasteiger charge is 2.22. The van der Waals surface area contributed by atoms with E-state index >= 15 is 0 Å². The second-order valence-corrected chi connectivity index (χ2v) is 5.42. The van der Waals surface area contributed by atoms with E-state index in [1.165, 1.54) is 6.07 Å². The molecule has 0 fully saturated rings. The van der Waals surface area contributed by atoms with Gasteiger partial charge in [-0.25, -0.2) is 9.37 Å². The summed E-state index contributed by atoms with van der Waals surface area (Å²) in [6, 6.07) is 4.74. The second-order valence-electron chi connectivity index (χ2n) is 4.98. The number of halogens is 2. The van der Waals surface area contributed by atoms with Gasteiger partial charge in [0.25, 0.3) is 0 Å². The summed E-state index contributed by atoms with van der Waals surface area (Å²) in [6.45, 7) is 4.62. The Morgan fingerprint density at radius 1 is 1.32 bits per heavy atom. The lowest BCUT2D eigenvalue weighted by Gasteiger charge is -2.25. The molecule has 5 heteroatoms. The van der Waals surface area contributed by atoms with Crippen molar-refractivity contribution in [2.24, 2.45) is 0 Å². The zero-order valence-corrected chi connectivity index (χ0v) is 11.7. The van der Waals surface area contributed by atoms with Crippen LogP contribution >= 0.6 is 11.6 Å². The van der Waals surface area contributed by atoms with Crippen LogP contribution in [0, 0.1) is 12.7 Å². The smallest absolute Gasteiger partial charge is 0.143 e. The summed E-state index contributed by atoms with van der Waals surface area (Å²) < 4.78 is 16.2. The van der Waals surface area contributed by atoms with E-state index in [4.69, 9.17) is 11.6 Å². The number of hydrogen-bond acceptors (Lipinski definition) is 2. The Morgan fingerprint density at radius 3 is 2.84 bits per heavy atom. The van der Waals surface area contributed by atoms with Crippen LogP contribution in [-0.4, -0.2) is 28.0 Å². The summed E-state index contributed by atoms with van der Waals surface area (Å²) in [5, 5.41) is 0.406. The first-order valence-corrected chi connectivity index (χ1v) is 6.64. The highest BCUT2D eigenvalue weighted by atomic mass is 35.5. The van der Waals surface area contributed by atoms with Gasteiger partial charge in [0.1, 0.15) is 11.6 Å². The van der Waals surface area contributed by atoms with Gasteiger partial charge in [0.05, 0.1) is 17.0 Å². The highest BCUT2D eigenvalue weighted by molar-refractivity contribution is 6.30. The van der Waals surface area contributed by atoms with Gasteiger partial charge in [-0.2, -0.15) is 0 Å². The number of imidazole rings is 1. The molecule has 1 aliphatic rings. The summed E-state index contributed by atoms with van der Waals surface area (Å²) in [6.07, 6.45) is 0. The van der Waals surface area contributed by atoms with E-state index in [1.54, 1.807) is 12.1 Å². The number of aryl methyl sites for hydroxylation is 1. The number of aromatic nitrogens is 2. The third kappa shape index (κ3) is 2.15. The number of rotatable bonds is 1. The van der Waals surface area contributed by atoms with Crippen molar-refractivity contribution in [2.75, 3.05) is 13.6 Å². The zero-order valence-electron chi connectivity index (χ0n) is 11.0. The predicted octanol–water partition coefficient (Wildman–Crippen LogP) is 3.10. The quantitative estimate of drug-likeness (QED) is 0.800. The molecule has 0 amide bonds. The van der Waals surface area contributed by atoms with Crippen molar-refractivity contribution in [1.29, 1.82) is 0 Å². The Morgan fingerprint density at radius 2 is 2.11 bits per heavy atom. The largest absolute Gasteiger partial charge is 0.325 e. The lowest BCUT2D eigenvalue weighted by molar-refractivity contribution is 0.270. The lowest BCUT2D eigenvalue weighted by Crippen LogP contribution is -2.30. The van der Waals surface area contributed by atoms with Crippen molar-refractivity contribution in [3.8, 4) is 11.4 Å². The number of nitrogens with zero attached hydrogens (tertiary/aromatic N) is 3. The average molecular weight is 280 g/mol. The third-order valence-corrected chi connectivity index (χ3v) is 3.80. The van der Waals surface area contributed by atoms with Gasteiger partial charge in [-0.3, -0.25) is 4.90 Å². The van der Waals surface area contributed by atoms with E-state index in [0.717, 1.165) is 31.0 Å². The summed E-state index contributed by atoms with van der Waals surface area (Å²) in [5.41, 5.74) is 2.65. The summed E-state index contributed by atoms with van der Waals surface area (Å²) in [4.78, 5) is 6.78. The van der Waals surface area contributed by atoms with E-state index in [0.29, 0.717) is 16.4 Å². The van der Waals surface area contributed by atoms with Crippen molar-refractivity contribution in [3.05, 3.63) is 40.4 Å². The second kappa shape index (κ2) is 4.62. The molecule has 0 radical (unpaired) electrons. The SMILES string of the molecule is Cc1nc(-c2ccc(Cl)cc2F)n2c1CN(C)CC2. The van der Waals surface area contributed by atoms with Gasteiger partial charge in [0, 0.05) is 24.7 Å². The number of likely N-dealkylation sites (N-methyl/N-ethyl adjacent to an activating group) is 1. The molecule has 0 aliphatic carbocycles. The van der Waals surface area contributed by atoms with Crippen molar-refractivity contribution < 1.29 is 4.39 Å². The molecule has 0 saturated carbocycles. The molecule has 1 aromatic carbocycles. The summed E-state index contributed by atoms with van der Waals surface area (Å²) in [5.74, 6) is 0.383. The van der Waals surface area contributed by atoms with Crippen LogP contribution in [0.2, 0.25) is 5.02 Å². The van der Waals surface area contributed by atoms with Gasteiger partial charge >= 0.3 is 0 Å². The van der Waals surface area contributed by atoms with E-state index < -0.39 is 0 Å². The molecule has 0 unspecified atom stereocenters. The fourth-order valence-corrected chi connectivity index (χ4v) is 2.69. The maximum atomic E-state index is 14.0. The molecule has 1 aliphatic heterocycles. The first-order chi connectivity index (χ1) is 9.06. The molecule has 1 aromatic heterocycles. The van der Waals surface area contributed by atoms with Crippen LogP contribution in [0.1, 0.15) is 11.4 Å². The van der Waals surface area contributed by atoms with Gasteiger partial charge < -0.3 is 4.57 Å². The van der Waals surface area contributed by atoms with Gasteiger partial charge in [0.2, 0.25) is 0 Å². The molecule has 2 aromatic rings. The Balaban J connectivity index is 2.14. The van der Waals surface area contributed by atoms with Gasteiger partial charge in [-0.05, 0) is 32.2 Å². The van der Waals surface area contributed by atoms with E-state index in [9.17, 15) is 4.39 Å². The maximum absolute atomic E-state index is 14.0. The zero-order chi connectivity index (χ0) is 13.6. The van der Waals surface area contributed by atoms with Crippen molar-refractivity contribution >= 4 is 11.6 Å². The number of benzene rings is 1. The molecular weight excluding hydrogens is 265 g/mol. The van der Waals surface area contributed by atoms with Crippen LogP contribution in [0.3, 0.4) is 0 Å². The monoisotopic (exact) mass is 279 g/mol. The number of hydrogen-bond donors (Lipinski definition) is 0. The minimum Gasteiger partial charge on any atom is -0.325 e. The first kappa shape index (κ1) is 12.6. The molecule has 3 rings (SSSR count). The van der Waals surface area contributed by atoms with Crippen LogP contribution in [0.4, 0.5) is 4.39 Å². The minimum absolute atomic E-state index is 0.320. The fourth-order valence-electron chi connectivity index (χ4n) is 2.53. The molecule has 0 saturated heterocycles. The molecule has 0 N–H and O–H groups in total. The average Bonchev–Trinajstić information content (AvgIpc) is 2.66. The molecule has 0 atom stereocenters. The van der Waals surface area contributed by atoms with Crippen LogP contribution in [0.25, 0.3) is 11.4 Å². The maximum Gasteiger partial charge on any atom is 0.143 e. The normalized spacial score (nSPS) is 15.6. The molecule has 3 nitrogen and oxygen atoms in total. The lowest BCUT2D eigenvalue weighted by atomic mass is 10.2. The van der Waals surface area contributed by atoms with Crippen LogP contribution in [0.5, 0.6) is 0 Å². The topological polar surface area (TPSA) is 21.1 Å². The van der Waals surface area contributed by atoms with Crippen LogP contribution in [0.15, 0.2) is 18.2 Å². The summed E-state index contributed by atoms with van der Waals surface area (Å²) in [7, 11) is 2.08. The molecule has 0 spiro atoms. The molecule has 0 bridgehead atoms. The van der Waals surface area contributed by atoms with Crippen LogP contribution < -0.4 is 0 Å². The molecule has 19 heavy (non-hydrogen) atoms. The van der Waals surface area contributed by atoms with Crippen molar-refractivity contribution in [1.82, 2.24) is 14.5 Å². The Bertz CT molecular complexity index is 636. The Hall–Kier alpha value is -1.39. The van der Waals surface area contributed by atoms with E-state index in [2.05, 4.69) is 21.5 Å². The van der Waals surface area contributed by atoms with Crippen molar-refractivity contribution in [2.45, 2.75) is 20.0 Å². The summed E-state index contributed by atoms with van der Waals surface area (Å²) >= 11 is 5.80. The molecular formula is C14H15ClFN3. The highest BCUT2D eigenvalue weighted by Crippen LogP contribution is 2.28. The third-order valence-electron chi connectivity index (χ3n) is 3.57. The minimum atomic E-state index is -0.320. The van der Waals surface area contributed by atoms with E-state index in [1.807, 2.05) is 6.92 Å². The van der Waals surface area contributed by atoms with Gasteiger partial charge in [0.15, 0.2) is 0 Å². The van der Waals surface area contributed by atoms with Crippen molar-refractivity contribution in [3.63, 3.8) is 0 Å². The van der Waals surface area contributed by atoms with Gasteiger partial charge in [-0.1, -0.05) is 11.6 Å². The standard InChI is InChI=1S/C14H15ClFN3/c1-9-13-8-18(2)5-6-19(13)14(17-9)11-4-3-10(15)7-12(11)16/h3-4,7H,5-6,8H2,1-2H3. The Kier molecular flexibility index (Phi) is 3.07. The molecule has 2 heterocycles. The number of fused-ring (bicyclic) bond motifs is 1. The Labute approximate surface area is 116 Å². The van der Waals surface area contributed by atoms with Crippen LogP contribution in [-0.2, 0) is 13.1 Å². The fraction of sp³-hybridized carbons (Fsp3) is 0.357. The van der Waals surface area contributed by atoms with E-state index in [-0.39, 0.29) is 5.82 Å². The predicted molar refractivity (Wildman–Crippen MR) is 73.7 cm³/mol.